The van der Waals surface area contributed by atoms with E-state index in [1.54, 1.807) is 6.07 Å². The molecule has 0 fully saturated rings. The number of hydrogen-bond acceptors (Lipinski definition) is 5. The van der Waals surface area contributed by atoms with Crippen LogP contribution in [0, 0.1) is 0 Å². The zero-order valence-corrected chi connectivity index (χ0v) is 5.85. The molecule has 0 radical (unpaired) electrons. The number of carbonyl (C=O) groups is 1. The Morgan fingerprint density at radius 2 is 2.00 bits per heavy atom. The fraction of sp³-hybridized carbons (Fsp3) is 0.167. The summed E-state index contributed by atoms with van der Waals surface area (Å²) in [6, 6.07) is 3.03. The van der Waals surface area contributed by atoms with Crippen LogP contribution in [0.5, 0.6) is 11.8 Å². The van der Waals surface area contributed by atoms with E-state index in [2.05, 4.69) is 14.9 Å². The van der Waals surface area contributed by atoms with Crippen molar-refractivity contribution in [3.05, 3.63) is 12.1 Å². The predicted octanol–water partition coefficient (Wildman–Crippen LogP) is 0.0204. The lowest BCUT2D eigenvalue weighted by Crippen LogP contribution is -1.95. The molecule has 58 valence electrons. The van der Waals surface area contributed by atoms with Crippen molar-refractivity contribution < 1.29 is 14.3 Å². The van der Waals surface area contributed by atoms with Gasteiger partial charge in [0, 0.05) is 12.1 Å². The van der Waals surface area contributed by atoms with E-state index in [-0.39, 0.29) is 12.4 Å². The molecule has 1 rings (SSSR count). The van der Waals surface area contributed by atoms with Crippen molar-refractivity contribution in [1.29, 1.82) is 0 Å². The summed E-state index contributed by atoms with van der Waals surface area (Å²) < 4.78 is 9.13. The lowest BCUT2D eigenvalue weighted by molar-refractivity contribution is -0.121. The minimum absolute atomic E-state index is 0.154. The topological polar surface area (TPSA) is 61.3 Å². The van der Waals surface area contributed by atoms with Crippen molar-refractivity contribution in [2.24, 2.45) is 0 Å². The Bertz CT molecular complexity index is 234. The number of aromatic nitrogens is 2. The smallest absolute Gasteiger partial charge is 0.299 e. The molecule has 0 aliphatic carbocycles. The van der Waals surface area contributed by atoms with Crippen molar-refractivity contribution in [3.63, 3.8) is 0 Å². The third-order valence-corrected chi connectivity index (χ3v) is 0.994. The maximum Gasteiger partial charge on any atom is 0.299 e. The van der Waals surface area contributed by atoms with Gasteiger partial charge in [-0.25, -0.2) is 0 Å². The van der Waals surface area contributed by atoms with Crippen molar-refractivity contribution in [1.82, 2.24) is 10.2 Å². The van der Waals surface area contributed by atoms with E-state index in [0.717, 1.165) is 0 Å². The number of ether oxygens (including phenoxy) is 2. The molecule has 0 aromatic carbocycles. The SMILES string of the molecule is COc1ccc(OC=O)nn1. The molecular weight excluding hydrogens is 148 g/mol. The molecule has 0 aliphatic heterocycles. The van der Waals surface area contributed by atoms with Crippen LogP contribution < -0.4 is 9.47 Å². The van der Waals surface area contributed by atoms with Crippen molar-refractivity contribution in [2.45, 2.75) is 0 Å². The van der Waals surface area contributed by atoms with Crippen LogP contribution in [0.3, 0.4) is 0 Å². The van der Waals surface area contributed by atoms with Crippen LogP contribution in [0.25, 0.3) is 0 Å². The molecule has 5 nitrogen and oxygen atoms in total. The van der Waals surface area contributed by atoms with Gasteiger partial charge in [-0.3, -0.25) is 4.79 Å². The fourth-order valence-electron chi connectivity index (χ4n) is 0.529. The fourth-order valence-corrected chi connectivity index (χ4v) is 0.529. The van der Waals surface area contributed by atoms with Gasteiger partial charge in [-0.1, -0.05) is 0 Å². The Labute approximate surface area is 63.0 Å². The molecule has 0 amide bonds. The van der Waals surface area contributed by atoms with Gasteiger partial charge in [-0.2, -0.15) is 0 Å². The monoisotopic (exact) mass is 154 g/mol. The first-order chi connectivity index (χ1) is 5.36. The molecule has 0 spiro atoms. The molecule has 5 heteroatoms. The minimum Gasteiger partial charge on any atom is -0.480 e. The standard InChI is InChI=1S/C6H6N2O3/c1-10-5-2-3-6(8-7-5)11-4-9/h2-4H,1H3. The summed E-state index contributed by atoms with van der Waals surface area (Å²) in [4.78, 5) is 9.81. The normalized spacial score (nSPS) is 8.82. The third-order valence-electron chi connectivity index (χ3n) is 0.994. The molecule has 0 saturated carbocycles. The Hall–Kier alpha value is -1.65. The first-order valence-electron chi connectivity index (χ1n) is 2.85. The quantitative estimate of drug-likeness (QED) is 0.574. The van der Waals surface area contributed by atoms with E-state index in [4.69, 9.17) is 4.74 Å². The summed E-state index contributed by atoms with van der Waals surface area (Å²) in [7, 11) is 1.48. The number of methoxy groups -OCH3 is 1. The molecule has 0 atom stereocenters. The van der Waals surface area contributed by atoms with Crippen LogP contribution in [-0.4, -0.2) is 23.8 Å². The predicted molar refractivity (Wildman–Crippen MR) is 35.3 cm³/mol. The molecule has 0 saturated heterocycles. The number of hydrogen-bond donors (Lipinski definition) is 0. The molecule has 1 aromatic heterocycles. The van der Waals surface area contributed by atoms with E-state index < -0.39 is 0 Å². The largest absolute Gasteiger partial charge is 0.480 e. The number of nitrogens with zero attached hydrogens (tertiary/aromatic N) is 2. The number of carbonyl (C=O) groups excluding carboxylic acids is 1. The zero-order valence-electron chi connectivity index (χ0n) is 5.85. The van der Waals surface area contributed by atoms with Gasteiger partial charge in [0.1, 0.15) is 0 Å². The third kappa shape index (κ3) is 1.89. The molecule has 1 heterocycles. The Morgan fingerprint density at radius 1 is 1.36 bits per heavy atom. The molecule has 0 aliphatic rings. The highest BCUT2D eigenvalue weighted by atomic mass is 16.5. The van der Waals surface area contributed by atoms with Gasteiger partial charge in [-0.05, 0) is 0 Å². The highest BCUT2D eigenvalue weighted by Gasteiger charge is 1.95. The van der Waals surface area contributed by atoms with Gasteiger partial charge in [-0.15, -0.1) is 10.2 Å². The summed E-state index contributed by atoms with van der Waals surface area (Å²) in [5.41, 5.74) is 0. The maximum absolute atomic E-state index is 9.81. The van der Waals surface area contributed by atoms with Gasteiger partial charge in [0.05, 0.1) is 7.11 Å². The second-order valence-electron chi connectivity index (χ2n) is 1.63. The highest BCUT2D eigenvalue weighted by Crippen LogP contribution is 2.07. The van der Waals surface area contributed by atoms with Crippen LogP contribution in [0.1, 0.15) is 0 Å². The van der Waals surface area contributed by atoms with Crippen LogP contribution in [0.2, 0.25) is 0 Å². The lowest BCUT2D eigenvalue weighted by Gasteiger charge is -1.96. The van der Waals surface area contributed by atoms with Gasteiger partial charge in [0.25, 0.3) is 6.47 Å². The van der Waals surface area contributed by atoms with E-state index in [9.17, 15) is 4.79 Å². The van der Waals surface area contributed by atoms with E-state index in [1.807, 2.05) is 0 Å². The molecule has 0 bridgehead atoms. The second-order valence-corrected chi connectivity index (χ2v) is 1.63. The van der Waals surface area contributed by atoms with E-state index >= 15 is 0 Å². The minimum atomic E-state index is 0.154. The van der Waals surface area contributed by atoms with Crippen molar-refractivity contribution in [3.8, 4) is 11.8 Å². The van der Waals surface area contributed by atoms with E-state index in [1.165, 1.54) is 13.2 Å². The summed E-state index contributed by atoms with van der Waals surface area (Å²) in [6.45, 7) is 0.288. The summed E-state index contributed by atoms with van der Waals surface area (Å²) in [6.07, 6.45) is 0. The molecule has 11 heavy (non-hydrogen) atoms. The van der Waals surface area contributed by atoms with Gasteiger partial charge in [0.15, 0.2) is 0 Å². The highest BCUT2D eigenvalue weighted by molar-refractivity contribution is 5.42. The van der Waals surface area contributed by atoms with Crippen molar-refractivity contribution >= 4 is 6.47 Å². The maximum atomic E-state index is 9.81. The van der Waals surface area contributed by atoms with Crippen LogP contribution in [0.15, 0.2) is 12.1 Å². The average Bonchev–Trinajstić information content (AvgIpc) is 2.07. The Kier molecular flexibility index (Phi) is 2.37. The van der Waals surface area contributed by atoms with Gasteiger partial charge >= 0.3 is 0 Å². The Morgan fingerprint density at radius 3 is 2.45 bits per heavy atom. The first-order valence-corrected chi connectivity index (χ1v) is 2.85. The molecular formula is C6H6N2O3. The van der Waals surface area contributed by atoms with Crippen LogP contribution in [-0.2, 0) is 4.79 Å². The summed E-state index contributed by atoms with van der Waals surface area (Å²) in [5, 5.41) is 7.07. The Balaban J connectivity index is 2.74. The average molecular weight is 154 g/mol. The summed E-state index contributed by atoms with van der Waals surface area (Å²) in [5.74, 6) is 0.532. The molecule has 0 N–H and O–H groups in total. The first kappa shape index (κ1) is 7.46. The number of rotatable bonds is 3. The van der Waals surface area contributed by atoms with Gasteiger partial charge < -0.3 is 9.47 Å². The second kappa shape index (κ2) is 3.50. The molecule has 1 aromatic rings. The van der Waals surface area contributed by atoms with Crippen LogP contribution in [0.4, 0.5) is 0 Å². The van der Waals surface area contributed by atoms with Gasteiger partial charge in [0.2, 0.25) is 11.8 Å². The van der Waals surface area contributed by atoms with E-state index in [0.29, 0.717) is 5.88 Å². The molecule has 0 unspecified atom stereocenters. The van der Waals surface area contributed by atoms with Crippen molar-refractivity contribution in [2.75, 3.05) is 7.11 Å². The summed E-state index contributed by atoms with van der Waals surface area (Å²) >= 11 is 0. The lowest BCUT2D eigenvalue weighted by atomic mass is 10.5. The zero-order chi connectivity index (χ0) is 8.10. The van der Waals surface area contributed by atoms with Crippen LogP contribution >= 0.6 is 0 Å².